The smallest absolute Gasteiger partial charge is 0.254 e. The minimum atomic E-state index is -0.995. The second-order valence-corrected chi connectivity index (χ2v) is 5.29. The summed E-state index contributed by atoms with van der Waals surface area (Å²) in [5, 5.41) is 12.8. The van der Waals surface area contributed by atoms with Gasteiger partial charge in [0.25, 0.3) is 5.91 Å². The molecule has 1 aromatic carbocycles. The molecule has 0 aliphatic rings. The topological polar surface area (TPSA) is 49.3 Å². The van der Waals surface area contributed by atoms with Crippen molar-refractivity contribution in [1.82, 2.24) is 5.32 Å². The number of aliphatic hydroxyl groups is 1. The molecule has 19 heavy (non-hydrogen) atoms. The molecule has 0 fully saturated rings. The molecular formula is C15H22FNO2. The van der Waals surface area contributed by atoms with Gasteiger partial charge in [0, 0.05) is 6.54 Å². The largest absolute Gasteiger partial charge is 0.388 e. The van der Waals surface area contributed by atoms with Gasteiger partial charge in [0.2, 0.25) is 0 Å². The summed E-state index contributed by atoms with van der Waals surface area (Å²) in [6.45, 7) is 7.28. The summed E-state index contributed by atoms with van der Waals surface area (Å²) in [5.74, 6) is -0.955. The number of rotatable bonds is 5. The standard InChI is InChI=1S/C15H22FNO2/c1-5-11(3)15(4,19)9-17-14(18)12-8-6-7-10(2)13(12)16/h6-8,11,19H,5,9H2,1-4H3,(H,17,18). The van der Waals surface area contributed by atoms with Crippen LogP contribution >= 0.6 is 0 Å². The first kappa shape index (κ1) is 15.6. The van der Waals surface area contributed by atoms with Gasteiger partial charge < -0.3 is 10.4 Å². The lowest BCUT2D eigenvalue weighted by Gasteiger charge is -2.29. The summed E-state index contributed by atoms with van der Waals surface area (Å²) in [7, 11) is 0. The van der Waals surface area contributed by atoms with Crippen LogP contribution in [0.3, 0.4) is 0 Å². The first-order valence-corrected chi connectivity index (χ1v) is 6.55. The number of benzene rings is 1. The average Bonchev–Trinajstić information content (AvgIpc) is 2.38. The molecule has 0 spiro atoms. The second kappa shape index (κ2) is 6.15. The lowest BCUT2D eigenvalue weighted by molar-refractivity contribution is 0.00588. The van der Waals surface area contributed by atoms with Crippen LogP contribution in [0.4, 0.5) is 4.39 Å². The lowest BCUT2D eigenvalue weighted by atomic mass is 9.88. The molecule has 2 N–H and O–H groups in total. The minimum absolute atomic E-state index is 0.0138. The molecule has 0 aliphatic heterocycles. The van der Waals surface area contributed by atoms with Gasteiger partial charge in [-0.1, -0.05) is 32.4 Å². The van der Waals surface area contributed by atoms with Gasteiger partial charge >= 0.3 is 0 Å². The molecular weight excluding hydrogens is 245 g/mol. The van der Waals surface area contributed by atoms with Gasteiger partial charge in [0.15, 0.2) is 0 Å². The van der Waals surface area contributed by atoms with Gasteiger partial charge in [0.05, 0.1) is 11.2 Å². The Kier molecular flexibility index (Phi) is 5.06. The third-order valence-corrected chi connectivity index (χ3v) is 3.72. The van der Waals surface area contributed by atoms with E-state index in [2.05, 4.69) is 5.32 Å². The fourth-order valence-electron chi connectivity index (χ4n) is 1.79. The van der Waals surface area contributed by atoms with E-state index in [4.69, 9.17) is 0 Å². The Labute approximate surface area is 113 Å². The average molecular weight is 267 g/mol. The van der Waals surface area contributed by atoms with E-state index in [1.54, 1.807) is 26.0 Å². The third kappa shape index (κ3) is 3.77. The van der Waals surface area contributed by atoms with E-state index in [1.807, 2.05) is 13.8 Å². The highest BCUT2D eigenvalue weighted by Crippen LogP contribution is 2.19. The molecule has 4 heteroatoms. The number of hydrogen-bond acceptors (Lipinski definition) is 2. The van der Waals surface area contributed by atoms with E-state index in [1.165, 1.54) is 6.07 Å². The first-order valence-electron chi connectivity index (χ1n) is 6.55. The van der Waals surface area contributed by atoms with Crippen molar-refractivity contribution in [3.63, 3.8) is 0 Å². The summed E-state index contributed by atoms with van der Waals surface area (Å²) < 4.78 is 13.8. The highest BCUT2D eigenvalue weighted by molar-refractivity contribution is 5.94. The molecule has 2 unspecified atom stereocenters. The number of hydrogen-bond donors (Lipinski definition) is 2. The summed E-state index contributed by atoms with van der Waals surface area (Å²) in [6.07, 6.45) is 0.807. The maximum absolute atomic E-state index is 13.8. The number of nitrogens with one attached hydrogen (secondary N) is 1. The van der Waals surface area contributed by atoms with Crippen LogP contribution in [0.5, 0.6) is 0 Å². The first-order chi connectivity index (χ1) is 8.79. The van der Waals surface area contributed by atoms with Gasteiger partial charge in [-0.15, -0.1) is 0 Å². The van der Waals surface area contributed by atoms with Crippen LogP contribution in [0.1, 0.15) is 43.1 Å². The van der Waals surface area contributed by atoms with Crippen LogP contribution in [0.15, 0.2) is 18.2 Å². The fourth-order valence-corrected chi connectivity index (χ4v) is 1.79. The predicted octanol–water partition coefficient (Wildman–Crippen LogP) is 2.66. The Morgan fingerprint density at radius 1 is 1.53 bits per heavy atom. The summed E-state index contributed by atoms with van der Waals surface area (Å²) in [6, 6.07) is 4.69. The van der Waals surface area contributed by atoms with Crippen molar-refractivity contribution in [3.05, 3.63) is 35.1 Å². The fraction of sp³-hybridized carbons (Fsp3) is 0.533. The highest BCUT2D eigenvalue weighted by Gasteiger charge is 2.28. The molecule has 1 amide bonds. The Morgan fingerprint density at radius 3 is 2.74 bits per heavy atom. The zero-order chi connectivity index (χ0) is 14.6. The maximum Gasteiger partial charge on any atom is 0.254 e. The highest BCUT2D eigenvalue weighted by atomic mass is 19.1. The van der Waals surface area contributed by atoms with Gasteiger partial charge in [0.1, 0.15) is 5.82 Å². The van der Waals surface area contributed by atoms with E-state index in [0.29, 0.717) is 5.56 Å². The molecule has 0 bridgehead atoms. The molecule has 0 heterocycles. The number of amides is 1. The Hall–Kier alpha value is -1.42. The zero-order valence-electron chi connectivity index (χ0n) is 12.0. The number of aryl methyl sites for hydroxylation is 1. The molecule has 0 aliphatic carbocycles. The number of carbonyl (C=O) groups is 1. The maximum atomic E-state index is 13.8. The molecule has 0 aromatic heterocycles. The quantitative estimate of drug-likeness (QED) is 0.861. The summed E-state index contributed by atoms with van der Waals surface area (Å²) in [4.78, 5) is 11.9. The Bertz CT molecular complexity index is 457. The van der Waals surface area contributed by atoms with Crippen molar-refractivity contribution in [2.45, 2.75) is 39.7 Å². The van der Waals surface area contributed by atoms with Crippen LogP contribution in [0.25, 0.3) is 0 Å². The van der Waals surface area contributed by atoms with Crippen LogP contribution in [0, 0.1) is 18.7 Å². The molecule has 0 saturated carbocycles. The van der Waals surface area contributed by atoms with E-state index in [-0.39, 0.29) is 18.0 Å². The molecule has 2 atom stereocenters. The molecule has 0 radical (unpaired) electrons. The third-order valence-electron chi connectivity index (χ3n) is 3.72. The monoisotopic (exact) mass is 267 g/mol. The van der Waals surface area contributed by atoms with Crippen LogP contribution in [-0.2, 0) is 0 Å². The van der Waals surface area contributed by atoms with Crippen molar-refractivity contribution >= 4 is 5.91 Å². The number of carbonyl (C=O) groups excluding carboxylic acids is 1. The van der Waals surface area contributed by atoms with Gasteiger partial charge in [-0.2, -0.15) is 0 Å². The normalized spacial score (nSPS) is 15.7. The molecule has 106 valence electrons. The molecule has 1 rings (SSSR count). The second-order valence-electron chi connectivity index (χ2n) is 5.29. The minimum Gasteiger partial charge on any atom is -0.388 e. The van der Waals surface area contributed by atoms with Crippen molar-refractivity contribution < 1.29 is 14.3 Å². The van der Waals surface area contributed by atoms with E-state index in [0.717, 1.165) is 6.42 Å². The summed E-state index contributed by atoms with van der Waals surface area (Å²) >= 11 is 0. The Balaban J connectivity index is 2.74. The van der Waals surface area contributed by atoms with E-state index >= 15 is 0 Å². The SMILES string of the molecule is CCC(C)C(C)(O)CNC(=O)c1cccc(C)c1F. The van der Waals surface area contributed by atoms with Crippen LogP contribution in [0.2, 0.25) is 0 Å². The lowest BCUT2D eigenvalue weighted by Crippen LogP contribution is -2.45. The van der Waals surface area contributed by atoms with E-state index < -0.39 is 17.3 Å². The van der Waals surface area contributed by atoms with Crippen molar-refractivity contribution in [1.29, 1.82) is 0 Å². The molecule has 3 nitrogen and oxygen atoms in total. The van der Waals surface area contributed by atoms with Crippen LogP contribution in [-0.4, -0.2) is 23.2 Å². The Morgan fingerprint density at radius 2 is 2.16 bits per heavy atom. The van der Waals surface area contributed by atoms with Gasteiger partial charge in [-0.25, -0.2) is 4.39 Å². The van der Waals surface area contributed by atoms with Crippen LogP contribution < -0.4 is 5.32 Å². The van der Waals surface area contributed by atoms with E-state index in [9.17, 15) is 14.3 Å². The van der Waals surface area contributed by atoms with Crippen molar-refractivity contribution in [3.8, 4) is 0 Å². The van der Waals surface area contributed by atoms with Crippen molar-refractivity contribution in [2.75, 3.05) is 6.54 Å². The van der Waals surface area contributed by atoms with Gasteiger partial charge in [-0.3, -0.25) is 4.79 Å². The zero-order valence-corrected chi connectivity index (χ0v) is 12.0. The molecule has 1 aromatic rings. The number of halogens is 1. The predicted molar refractivity (Wildman–Crippen MR) is 73.5 cm³/mol. The van der Waals surface area contributed by atoms with Gasteiger partial charge in [-0.05, 0) is 31.4 Å². The van der Waals surface area contributed by atoms with Crippen molar-refractivity contribution in [2.24, 2.45) is 5.92 Å². The summed E-state index contributed by atoms with van der Waals surface area (Å²) in [5.41, 5.74) is -0.550. The molecule has 0 saturated heterocycles.